The molecule has 15 heavy (non-hydrogen) atoms. The van der Waals surface area contributed by atoms with Gasteiger partial charge in [-0.05, 0) is 19.3 Å². The first-order valence-electron chi connectivity index (χ1n) is 5.61. The van der Waals surface area contributed by atoms with Gasteiger partial charge < -0.3 is 5.73 Å². The summed E-state index contributed by atoms with van der Waals surface area (Å²) in [5.41, 5.74) is 5.73. The normalized spacial score (nSPS) is 30.9. The van der Waals surface area contributed by atoms with Gasteiger partial charge in [-0.15, -0.1) is 0 Å². The molecule has 0 radical (unpaired) electrons. The smallest absolute Gasteiger partial charge is 0.282 e. The molecule has 0 bridgehead atoms. The van der Waals surface area contributed by atoms with E-state index in [9.17, 15) is 8.42 Å². The molecule has 2 aliphatic heterocycles. The lowest BCUT2D eigenvalue weighted by atomic mass is 10.2. The maximum atomic E-state index is 12.1. The highest BCUT2D eigenvalue weighted by Crippen LogP contribution is 2.19. The average Bonchev–Trinajstić information content (AvgIpc) is 2.67. The average molecular weight is 233 g/mol. The summed E-state index contributed by atoms with van der Waals surface area (Å²) in [7, 11) is -3.21. The predicted octanol–water partition coefficient (Wildman–Crippen LogP) is -0.250. The van der Waals surface area contributed by atoms with Crippen LogP contribution in [0, 0.1) is 0 Å². The number of hydrogen-bond acceptors (Lipinski definition) is 3. The molecule has 5 nitrogen and oxygen atoms in total. The van der Waals surface area contributed by atoms with Crippen molar-refractivity contribution in [1.29, 1.82) is 0 Å². The molecule has 2 rings (SSSR count). The van der Waals surface area contributed by atoms with Crippen molar-refractivity contribution in [3.05, 3.63) is 0 Å². The molecular weight excluding hydrogens is 214 g/mol. The van der Waals surface area contributed by atoms with E-state index in [0.29, 0.717) is 26.2 Å². The zero-order chi connectivity index (χ0) is 10.9. The molecule has 0 aromatic carbocycles. The summed E-state index contributed by atoms with van der Waals surface area (Å²) in [5, 5.41) is 0. The number of nitrogens with zero attached hydrogens (tertiary/aromatic N) is 2. The topological polar surface area (TPSA) is 66.6 Å². The highest BCUT2D eigenvalue weighted by Gasteiger charge is 2.34. The van der Waals surface area contributed by atoms with Gasteiger partial charge in [-0.1, -0.05) is 6.42 Å². The Kier molecular flexibility index (Phi) is 3.30. The molecule has 2 aliphatic rings. The molecule has 0 amide bonds. The number of rotatable bonds is 2. The van der Waals surface area contributed by atoms with Gasteiger partial charge in [0.15, 0.2) is 0 Å². The Morgan fingerprint density at radius 2 is 1.67 bits per heavy atom. The van der Waals surface area contributed by atoms with Crippen LogP contribution in [0.5, 0.6) is 0 Å². The van der Waals surface area contributed by atoms with Gasteiger partial charge in [0, 0.05) is 32.2 Å². The number of hydrogen-bond donors (Lipinski definition) is 1. The SMILES string of the molecule is N[C@@H]1CCN(S(=O)(=O)N2CCCCC2)C1. The second-order valence-corrected chi connectivity index (χ2v) is 6.30. The first kappa shape index (κ1) is 11.3. The van der Waals surface area contributed by atoms with Crippen LogP contribution in [0.3, 0.4) is 0 Å². The van der Waals surface area contributed by atoms with Crippen molar-refractivity contribution in [2.45, 2.75) is 31.7 Å². The summed E-state index contributed by atoms with van der Waals surface area (Å²) in [6, 6.07) is 0.0181. The van der Waals surface area contributed by atoms with Gasteiger partial charge >= 0.3 is 0 Å². The van der Waals surface area contributed by atoms with Crippen LogP contribution in [-0.2, 0) is 10.2 Å². The monoisotopic (exact) mass is 233 g/mol. The molecule has 0 aromatic heterocycles. The van der Waals surface area contributed by atoms with Crippen molar-refractivity contribution in [3.63, 3.8) is 0 Å². The molecule has 2 N–H and O–H groups in total. The van der Waals surface area contributed by atoms with Gasteiger partial charge in [-0.25, -0.2) is 0 Å². The minimum absolute atomic E-state index is 0.0181. The molecule has 0 spiro atoms. The fraction of sp³-hybridized carbons (Fsp3) is 1.00. The fourth-order valence-corrected chi connectivity index (χ4v) is 3.98. The van der Waals surface area contributed by atoms with Gasteiger partial charge in [0.25, 0.3) is 10.2 Å². The van der Waals surface area contributed by atoms with E-state index < -0.39 is 10.2 Å². The van der Waals surface area contributed by atoms with E-state index >= 15 is 0 Å². The zero-order valence-electron chi connectivity index (χ0n) is 8.93. The summed E-state index contributed by atoms with van der Waals surface area (Å²) in [4.78, 5) is 0. The Morgan fingerprint density at radius 3 is 2.20 bits per heavy atom. The number of piperidine rings is 1. The highest BCUT2D eigenvalue weighted by atomic mass is 32.2. The minimum Gasteiger partial charge on any atom is -0.326 e. The lowest BCUT2D eigenvalue weighted by Crippen LogP contribution is -2.45. The Hall–Kier alpha value is -0.170. The molecular formula is C9H19N3O2S. The largest absolute Gasteiger partial charge is 0.326 e. The second-order valence-electron chi connectivity index (χ2n) is 4.37. The molecule has 1 atom stereocenters. The third kappa shape index (κ3) is 2.33. The van der Waals surface area contributed by atoms with Crippen LogP contribution in [0.2, 0.25) is 0 Å². The van der Waals surface area contributed by atoms with Crippen LogP contribution in [0.4, 0.5) is 0 Å². The zero-order valence-corrected chi connectivity index (χ0v) is 9.75. The third-order valence-electron chi connectivity index (χ3n) is 3.16. The molecule has 0 saturated carbocycles. The molecule has 0 aromatic rings. The van der Waals surface area contributed by atoms with Crippen molar-refractivity contribution in [1.82, 2.24) is 8.61 Å². The van der Waals surface area contributed by atoms with Crippen molar-refractivity contribution in [3.8, 4) is 0 Å². The molecule has 0 unspecified atom stereocenters. The van der Waals surface area contributed by atoms with Crippen LogP contribution in [-0.4, -0.2) is 49.2 Å². The summed E-state index contributed by atoms with van der Waals surface area (Å²) in [5.74, 6) is 0. The van der Waals surface area contributed by atoms with E-state index in [0.717, 1.165) is 25.7 Å². The van der Waals surface area contributed by atoms with Crippen LogP contribution < -0.4 is 5.73 Å². The van der Waals surface area contributed by atoms with E-state index in [-0.39, 0.29) is 6.04 Å². The fourth-order valence-electron chi connectivity index (χ4n) is 2.22. The Bertz CT molecular complexity index is 301. The first-order valence-corrected chi connectivity index (χ1v) is 7.01. The van der Waals surface area contributed by atoms with Crippen molar-refractivity contribution in [2.75, 3.05) is 26.2 Å². The van der Waals surface area contributed by atoms with Gasteiger partial charge in [-0.3, -0.25) is 0 Å². The van der Waals surface area contributed by atoms with Gasteiger partial charge in [0.2, 0.25) is 0 Å². The summed E-state index contributed by atoms with van der Waals surface area (Å²) in [6.45, 7) is 2.42. The first-order chi connectivity index (χ1) is 7.10. The summed E-state index contributed by atoms with van der Waals surface area (Å²) in [6.07, 6.45) is 3.90. The Morgan fingerprint density at radius 1 is 1.00 bits per heavy atom. The van der Waals surface area contributed by atoms with Gasteiger partial charge in [-0.2, -0.15) is 17.0 Å². The highest BCUT2D eigenvalue weighted by molar-refractivity contribution is 7.86. The molecule has 88 valence electrons. The summed E-state index contributed by atoms with van der Waals surface area (Å²) >= 11 is 0. The molecule has 2 saturated heterocycles. The molecule has 6 heteroatoms. The van der Waals surface area contributed by atoms with Crippen LogP contribution in [0.25, 0.3) is 0 Å². The van der Waals surface area contributed by atoms with E-state index in [2.05, 4.69) is 0 Å². The van der Waals surface area contributed by atoms with Crippen LogP contribution in [0.1, 0.15) is 25.7 Å². The Balaban J connectivity index is 2.05. The van der Waals surface area contributed by atoms with Crippen molar-refractivity contribution < 1.29 is 8.42 Å². The van der Waals surface area contributed by atoms with E-state index in [1.807, 2.05) is 0 Å². The predicted molar refractivity (Wildman–Crippen MR) is 58.5 cm³/mol. The van der Waals surface area contributed by atoms with Crippen LogP contribution >= 0.6 is 0 Å². The van der Waals surface area contributed by atoms with Crippen molar-refractivity contribution >= 4 is 10.2 Å². The quantitative estimate of drug-likeness (QED) is 0.715. The lowest BCUT2D eigenvalue weighted by Gasteiger charge is -2.29. The Labute approximate surface area is 91.4 Å². The summed E-state index contributed by atoms with van der Waals surface area (Å²) < 4.78 is 27.4. The van der Waals surface area contributed by atoms with E-state index in [4.69, 9.17) is 5.73 Å². The maximum absolute atomic E-state index is 12.1. The second kappa shape index (κ2) is 4.37. The molecule has 2 fully saturated rings. The number of nitrogens with two attached hydrogens (primary N) is 1. The van der Waals surface area contributed by atoms with Gasteiger partial charge in [0.1, 0.15) is 0 Å². The van der Waals surface area contributed by atoms with Crippen molar-refractivity contribution in [2.24, 2.45) is 5.73 Å². The van der Waals surface area contributed by atoms with Crippen LogP contribution in [0.15, 0.2) is 0 Å². The third-order valence-corrected chi connectivity index (χ3v) is 5.16. The lowest BCUT2D eigenvalue weighted by molar-refractivity contribution is 0.315. The van der Waals surface area contributed by atoms with E-state index in [1.54, 1.807) is 4.31 Å². The molecule has 2 heterocycles. The van der Waals surface area contributed by atoms with E-state index in [1.165, 1.54) is 4.31 Å². The van der Waals surface area contributed by atoms with Gasteiger partial charge in [0.05, 0.1) is 0 Å². The molecule has 0 aliphatic carbocycles. The minimum atomic E-state index is -3.21. The standard InChI is InChI=1S/C9H19N3O2S/c10-9-4-7-12(8-9)15(13,14)11-5-2-1-3-6-11/h9H,1-8,10H2/t9-/m1/s1. The maximum Gasteiger partial charge on any atom is 0.282 e.